The Labute approximate surface area is 216 Å². The Bertz CT molecular complexity index is 1440. The summed E-state index contributed by atoms with van der Waals surface area (Å²) >= 11 is 6.06. The van der Waals surface area contributed by atoms with Crippen LogP contribution in [0, 0.1) is 0 Å². The highest BCUT2D eigenvalue weighted by Crippen LogP contribution is 2.32. The van der Waals surface area contributed by atoms with E-state index >= 15 is 0 Å². The lowest BCUT2D eigenvalue weighted by Gasteiger charge is -2.30. The van der Waals surface area contributed by atoms with Crippen molar-refractivity contribution in [3.8, 4) is 0 Å². The van der Waals surface area contributed by atoms with Crippen molar-refractivity contribution >= 4 is 39.6 Å². The standard InChI is InChI=1S/C25H21ClF3N5O2S/c26-20-10-6-18(7-11-20)23-22(17-4-2-1-3-5-17)14-15-34(32-23)24(31-16-30)33-37(35,36)21-12-8-19(9-13-21)25(27,28)29/h1-13,16,22H,14-15H2,(H2,30,31,33). The topological polar surface area (TPSA) is 100 Å². The molecule has 0 spiro atoms. The number of benzene rings is 3. The van der Waals surface area contributed by atoms with Crippen LogP contribution in [-0.4, -0.2) is 38.0 Å². The number of alkyl halides is 3. The number of sulfonamides is 1. The zero-order valence-corrected chi connectivity index (χ0v) is 20.7. The highest BCUT2D eigenvalue weighted by Gasteiger charge is 2.31. The second-order valence-electron chi connectivity index (χ2n) is 8.03. The summed E-state index contributed by atoms with van der Waals surface area (Å²) in [7, 11) is -4.42. The number of guanidine groups is 1. The van der Waals surface area contributed by atoms with E-state index < -0.39 is 26.7 Å². The van der Waals surface area contributed by atoms with Gasteiger partial charge in [-0.3, -0.25) is 0 Å². The van der Waals surface area contributed by atoms with Crippen molar-refractivity contribution in [1.29, 1.82) is 0 Å². The fraction of sp³-hybridized carbons (Fsp3) is 0.160. The van der Waals surface area contributed by atoms with Crippen LogP contribution < -0.4 is 5.73 Å². The molecule has 0 saturated heterocycles. The van der Waals surface area contributed by atoms with Crippen LogP contribution in [0.4, 0.5) is 13.2 Å². The van der Waals surface area contributed by atoms with Gasteiger partial charge >= 0.3 is 6.18 Å². The predicted molar refractivity (Wildman–Crippen MR) is 137 cm³/mol. The maximum absolute atomic E-state index is 12.9. The molecule has 12 heteroatoms. The molecule has 2 N–H and O–H groups in total. The zero-order chi connectivity index (χ0) is 26.6. The number of hydrogen-bond donors (Lipinski definition) is 1. The van der Waals surface area contributed by atoms with E-state index in [1.807, 2.05) is 42.5 Å². The van der Waals surface area contributed by atoms with Gasteiger partial charge in [0, 0.05) is 17.5 Å². The molecule has 7 nitrogen and oxygen atoms in total. The lowest BCUT2D eigenvalue weighted by molar-refractivity contribution is -0.137. The summed E-state index contributed by atoms with van der Waals surface area (Å²) in [6.07, 6.45) is -3.18. The first-order chi connectivity index (χ1) is 17.6. The fourth-order valence-corrected chi connectivity index (χ4v) is 4.92. The van der Waals surface area contributed by atoms with Crippen LogP contribution >= 0.6 is 11.6 Å². The Hall–Kier alpha value is -3.70. The maximum Gasteiger partial charge on any atom is 0.416 e. The van der Waals surface area contributed by atoms with Gasteiger partial charge in [-0.1, -0.05) is 54.1 Å². The monoisotopic (exact) mass is 547 g/mol. The second-order valence-corrected chi connectivity index (χ2v) is 10.1. The molecule has 0 bridgehead atoms. The van der Waals surface area contributed by atoms with E-state index in [-0.39, 0.29) is 18.4 Å². The Morgan fingerprint density at radius 2 is 1.68 bits per heavy atom. The van der Waals surface area contributed by atoms with Gasteiger partial charge in [-0.2, -0.15) is 26.7 Å². The lowest BCUT2D eigenvalue weighted by Crippen LogP contribution is -2.35. The van der Waals surface area contributed by atoms with Gasteiger partial charge in [-0.25, -0.2) is 10.0 Å². The number of halogens is 4. The third-order valence-electron chi connectivity index (χ3n) is 5.63. The van der Waals surface area contributed by atoms with Crippen molar-refractivity contribution in [3.05, 3.63) is 101 Å². The van der Waals surface area contributed by atoms with Gasteiger partial charge in [0.05, 0.1) is 22.5 Å². The van der Waals surface area contributed by atoms with Crippen LogP contribution in [0.3, 0.4) is 0 Å². The van der Waals surface area contributed by atoms with E-state index in [1.165, 1.54) is 5.01 Å². The van der Waals surface area contributed by atoms with Gasteiger partial charge in [-0.15, -0.1) is 4.40 Å². The van der Waals surface area contributed by atoms with E-state index in [4.69, 9.17) is 17.3 Å². The number of hydrazone groups is 1. The van der Waals surface area contributed by atoms with Gasteiger partial charge in [0.15, 0.2) is 0 Å². The average Bonchev–Trinajstić information content (AvgIpc) is 2.88. The van der Waals surface area contributed by atoms with Gasteiger partial charge < -0.3 is 5.73 Å². The van der Waals surface area contributed by atoms with Crippen LogP contribution in [-0.2, 0) is 16.2 Å². The zero-order valence-electron chi connectivity index (χ0n) is 19.2. The highest BCUT2D eigenvalue weighted by atomic mass is 35.5. The molecular formula is C25H21ClF3N5O2S. The lowest BCUT2D eigenvalue weighted by atomic mass is 9.86. The van der Waals surface area contributed by atoms with Gasteiger partial charge in [0.2, 0.25) is 0 Å². The number of nitrogens with zero attached hydrogens (tertiary/aromatic N) is 4. The van der Waals surface area contributed by atoms with E-state index in [1.54, 1.807) is 12.1 Å². The molecule has 192 valence electrons. The molecule has 1 unspecified atom stereocenters. The molecule has 4 rings (SSSR count). The molecule has 0 amide bonds. The first-order valence-corrected chi connectivity index (χ1v) is 12.8. The summed E-state index contributed by atoms with van der Waals surface area (Å²) < 4.78 is 68.2. The minimum Gasteiger partial charge on any atom is -0.390 e. The van der Waals surface area contributed by atoms with Crippen LogP contribution in [0.2, 0.25) is 5.02 Å². The molecule has 0 fully saturated rings. The van der Waals surface area contributed by atoms with Crippen molar-refractivity contribution in [3.63, 3.8) is 0 Å². The normalized spacial score (nSPS) is 17.2. The summed E-state index contributed by atoms with van der Waals surface area (Å²) in [4.78, 5) is 3.47. The largest absolute Gasteiger partial charge is 0.416 e. The smallest absolute Gasteiger partial charge is 0.390 e. The predicted octanol–water partition coefficient (Wildman–Crippen LogP) is 5.28. The van der Waals surface area contributed by atoms with Gasteiger partial charge in [0.1, 0.15) is 0 Å². The summed E-state index contributed by atoms with van der Waals surface area (Å²) in [5.74, 6) is -0.423. The van der Waals surface area contributed by atoms with E-state index in [0.717, 1.165) is 29.6 Å². The van der Waals surface area contributed by atoms with Crippen molar-refractivity contribution in [2.75, 3.05) is 6.54 Å². The number of aliphatic imine (C=N–C) groups is 1. The summed E-state index contributed by atoms with van der Waals surface area (Å²) in [5.41, 5.74) is 6.91. The number of rotatable bonds is 4. The Morgan fingerprint density at radius 3 is 2.27 bits per heavy atom. The Balaban J connectivity index is 1.75. The van der Waals surface area contributed by atoms with Crippen molar-refractivity contribution < 1.29 is 21.6 Å². The maximum atomic E-state index is 12.9. The van der Waals surface area contributed by atoms with E-state index in [2.05, 4.69) is 14.5 Å². The van der Waals surface area contributed by atoms with Crippen LogP contribution in [0.1, 0.15) is 29.0 Å². The van der Waals surface area contributed by atoms with Gasteiger partial charge in [-0.05, 0) is 53.9 Å². The van der Waals surface area contributed by atoms with Gasteiger partial charge in [0.25, 0.3) is 16.0 Å². The molecule has 1 aliphatic heterocycles. The van der Waals surface area contributed by atoms with Crippen LogP contribution in [0.15, 0.2) is 98.2 Å². The van der Waals surface area contributed by atoms with Crippen molar-refractivity contribution in [2.45, 2.75) is 23.4 Å². The molecule has 0 saturated carbocycles. The quantitative estimate of drug-likeness (QED) is 0.354. The van der Waals surface area contributed by atoms with Crippen LogP contribution in [0.5, 0.6) is 0 Å². The van der Waals surface area contributed by atoms with E-state index in [0.29, 0.717) is 29.3 Å². The summed E-state index contributed by atoms with van der Waals surface area (Å²) in [6, 6.07) is 19.8. The first-order valence-electron chi connectivity index (χ1n) is 11.0. The number of nitrogens with two attached hydrogens (primary N) is 1. The van der Waals surface area contributed by atoms with E-state index in [9.17, 15) is 21.6 Å². The molecule has 1 heterocycles. The Kier molecular flexibility index (Phi) is 7.65. The molecule has 0 radical (unpaired) electrons. The first kappa shape index (κ1) is 26.4. The molecular weight excluding hydrogens is 527 g/mol. The molecule has 0 aliphatic carbocycles. The molecule has 1 aliphatic rings. The molecule has 3 aromatic carbocycles. The molecule has 0 aromatic heterocycles. The molecule has 37 heavy (non-hydrogen) atoms. The minimum atomic E-state index is -4.60. The van der Waals surface area contributed by atoms with Crippen molar-refractivity contribution in [2.24, 2.45) is 20.2 Å². The Morgan fingerprint density at radius 1 is 1.03 bits per heavy atom. The van der Waals surface area contributed by atoms with Crippen molar-refractivity contribution in [1.82, 2.24) is 5.01 Å². The SMILES string of the molecule is N/C=N\C(=N/S(=O)(=O)c1ccc(C(F)(F)F)cc1)N1CCC(c2ccccc2)C(c2ccc(Cl)cc2)=N1. The fourth-order valence-electron chi connectivity index (χ4n) is 3.85. The third kappa shape index (κ3) is 6.17. The second kappa shape index (κ2) is 10.7. The molecule has 3 aromatic rings. The summed E-state index contributed by atoms with van der Waals surface area (Å²) in [6.45, 7) is 0.259. The highest BCUT2D eigenvalue weighted by molar-refractivity contribution is 7.90. The number of hydrogen-bond acceptors (Lipinski definition) is 3. The van der Waals surface area contributed by atoms with Crippen LogP contribution in [0.25, 0.3) is 0 Å². The minimum absolute atomic E-state index is 0.103. The average molecular weight is 548 g/mol. The summed E-state index contributed by atoms with van der Waals surface area (Å²) in [5, 5.41) is 6.54. The third-order valence-corrected chi connectivity index (χ3v) is 7.16. The molecule has 1 atom stereocenters.